The summed E-state index contributed by atoms with van der Waals surface area (Å²) in [5, 5.41) is 15.4. The summed E-state index contributed by atoms with van der Waals surface area (Å²) in [5.41, 5.74) is 3.87. The zero-order valence-corrected chi connectivity index (χ0v) is 21.2. The fourth-order valence-corrected chi connectivity index (χ4v) is 4.71. The third kappa shape index (κ3) is 4.34. The van der Waals surface area contributed by atoms with Gasteiger partial charge in [-0.05, 0) is 49.6 Å². The van der Waals surface area contributed by atoms with Gasteiger partial charge in [-0.15, -0.1) is 0 Å². The average Bonchev–Trinajstić information content (AvgIpc) is 3.59. The predicted molar refractivity (Wildman–Crippen MR) is 148 cm³/mol. The third-order valence-corrected chi connectivity index (χ3v) is 6.52. The van der Waals surface area contributed by atoms with E-state index in [1.807, 2.05) is 61.5 Å². The number of hydrogen-bond acceptors (Lipinski definition) is 5. The maximum absolute atomic E-state index is 14.1. The number of benzene rings is 2. The third-order valence-electron chi connectivity index (χ3n) is 6.52. The van der Waals surface area contributed by atoms with Crippen LogP contribution in [0, 0.1) is 18.8 Å². The number of amides is 1. The molecule has 0 saturated carbocycles. The van der Waals surface area contributed by atoms with Crippen molar-refractivity contribution in [2.24, 2.45) is 0 Å². The van der Waals surface area contributed by atoms with E-state index in [-0.39, 0.29) is 11.5 Å². The number of pyridine rings is 1. The number of nitrogens with zero attached hydrogens (tertiary/aromatic N) is 5. The van der Waals surface area contributed by atoms with Crippen LogP contribution in [0.25, 0.3) is 22.1 Å². The number of aromatic amines is 1. The van der Waals surface area contributed by atoms with E-state index < -0.39 is 6.04 Å². The molecular formula is C30H23N7O2. The molecule has 0 saturated heterocycles. The molecule has 0 aliphatic carbocycles. The molecule has 0 spiro atoms. The van der Waals surface area contributed by atoms with Crippen LogP contribution in [0.4, 0.5) is 0 Å². The Morgan fingerprint density at radius 2 is 1.92 bits per heavy atom. The van der Waals surface area contributed by atoms with Crippen molar-refractivity contribution in [3.63, 3.8) is 0 Å². The molecule has 0 bridgehead atoms. The SMILES string of the molecule is Cc1nn2cccnc2c1C(=O)NC(C)c1cc2cccc(C#Cc3cn[nH]c3)c2c(=O)n1-c1ccccc1. The molecule has 0 aliphatic heterocycles. The molecule has 1 amide bonds. The molecule has 9 heteroatoms. The van der Waals surface area contributed by atoms with Crippen LogP contribution in [0.15, 0.2) is 90.2 Å². The highest BCUT2D eigenvalue weighted by atomic mass is 16.2. The standard InChI is InChI=1S/C30H23N7O2/c1-19(34-29(38)26-20(2)35-36-15-7-14-31-28(26)36)25-16-23-9-6-8-22(13-12-21-17-32-33-18-21)27(23)30(39)37(25)24-10-4-3-5-11-24/h3-11,14-19H,1-2H3,(H,32,33)(H,34,38). The Morgan fingerprint density at radius 1 is 1.08 bits per heavy atom. The fraction of sp³-hybridized carbons (Fsp3) is 0.100. The van der Waals surface area contributed by atoms with Gasteiger partial charge in [0.05, 0.1) is 28.9 Å². The van der Waals surface area contributed by atoms with Gasteiger partial charge in [-0.3, -0.25) is 19.3 Å². The molecular weight excluding hydrogens is 490 g/mol. The van der Waals surface area contributed by atoms with Crippen LogP contribution in [-0.2, 0) is 0 Å². The lowest BCUT2D eigenvalue weighted by molar-refractivity contribution is 0.0939. The van der Waals surface area contributed by atoms with Crippen molar-refractivity contribution >= 4 is 22.3 Å². The number of para-hydroxylation sites is 1. The molecule has 6 aromatic rings. The fourth-order valence-electron chi connectivity index (χ4n) is 4.71. The van der Waals surface area contributed by atoms with Crippen LogP contribution in [-0.4, -0.2) is 35.3 Å². The Kier molecular flexibility index (Phi) is 5.98. The summed E-state index contributed by atoms with van der Waals surface area (Å²) in [6.45, 7) is 3.63. The molecule has 2 aromatic carbocycles. The largest absolute Gasteiger partial charge is 0.344 e. The lowest BCUT2D eigenvalue weighted by Gasteiger charge is -2.21. The van der Waals surface area contributed by atoms with E-state index in [0.717, 1.165) is 10.9 Å². The first-order valence-electron chi connectivity index (χ1n) is 12.4. The minimum absolute atomic E-state index is 0.222. The van der Waals surface area contributed by atoms with Gasteiger partial charge < -0.3 is 5.32 Å². The van der Waals surface area contributed by atoms with E-state index in [4.69, 9.17) is 0 Å². The van der Waals surface area contributed by atoms with Gasteiger partial charge in [0.1, 0.15) is 5.56 Å². The summed E-state index contributed by atoms with van der Waals surface area (Å²) in [7, 11) is 0. The van der Waals surface area contributed by atoms with Crippen LogP contribution in [0.3, 0.4) is 0 Å². The van der Waals surface area contributed by atoms with Gasteiger partial charge in [-0.1, -0.05) is 42.2 Å². The molecule has 190 valence electrons. The molecule has 4 heterocycles. The Morgan fingerprint density at radius 3 is 2.72 bits per heavy atom. The Hall–Kier alpha value is -5.49. The van der Waals surface area contributed by atoms with Gasteiger partial charge >= 0.3 is 0 Å². The van der Waals surface area contributed by atoms with Gasteiger partial charge in [-0.25, -0.2) is 9.50 Å². The number of nitrogens with one attached hydrogen (secondary N) is 2. The van der Waals surface area contributed by atoms with Gasteiger partial charge in [0.15, 0.2) is 5.65 Å². The first kappa shape index (κ1) is 23.9. The summed E-state index contributed by atoms with van der Waals surface area (Å²) in [6, 6.07) is 18.1. The lowest BCUT2D eigenvalue weighted by Crippen LogP contribution is -2.32. The molecule has 0 radical (unpaired) electrons. The molecule has 1 unspecified atom stereocenters. The number of aromatic nitrogens is 6. The van der Waals surface area contributed by atoms with Crippen LogP contribution in [0.2, 0.25) is 0 Å². The number of fused-ring (bicyclic) bond motifs is 2. The lowest BCUT2D eigenvalue weighted by atomic mass is 10.0. The number of H-pyrrole nitrogens is 1. The summed E-state index contributed by atoms with van der Waals surface area (Å²) < 4.78 is 3.22. The summed E-state index contributed by atoms with van der Waals surface area (Å²) in [4.78, 5) is 31.9. The van der Waals surface area contributed by atoms with Crippen molar-refractivity contribution in [1.29, 1.82) is 0 Å². The van der Waals surface area contributed by atoms with Crippen molar-refractivity contribution < 1.29 is 4.79 Å². The van der Waals surface area contributed by atoms with Crippen LogP contribution >= 0.6 is 0 Å². The number of rotatable bonds is 4. The van der Waals surface area contributed by atoms with E-state index in [2.05, 4.69) is 37.4 Å². The van der Waals surface area contributed by atoms with Gasteiger partial charge in [-0.2, -0.15) is 10.2 Å². The Balaban J connectivity index is 1.48. The Labute approximate surface area is 223 Å². The van der Waals surface area contributed by atoms with Crippen LogP contribution < -0.4 is 10.9 Å². The number of hydrogen-bond donors (Lipinski definition) is 2. The topological polar surface area (TPSA) is 110 Å². The monoisotopic (exact) mass is 513 g/mol. The molecule has 0 aliphatic rings. The quantitative estimate of drug-likeness (QED) is 0.347. The number of aryl methyl sites for hydroxylation is 1. The second-order valence-electron chi connectivity index (χ2n) is 9.10. The van der Waals surface area contributed by atoms with E-state index in [0.29, 0.717) is 39.2 Å². The minimum Gasteiger partial charge on any atom is -0.344 e. The van der Waals surface area contributed by atoms with Gasteiger partial charge in [0.25, 0.3) is 11.5 Å². The van der Waals surface area contributed by atoms with E-state index in [9.17, 15) is 9.59 Å². The maximum Gasteiger partial charge on any atom is 0.264 e. The molecule has 2 N–H and O–H groups in total. The van der Waals surface area contributed by atoms with Crippen molar-refractivity contribution in [2.75, 3.05) is 0 Å². The van der Waals surface area contributed by atoms with Crippen LogP contribution in [0.1, 0.15) is 45.8 Å². The highest BCUT2D eigenvalue weighted by molar-refractivity contribution is 6.01. The molecule has 0 fully saturated rings. The minimum atomic E-state index is -0.520. The van der Waals surface area contributed by atoms with Gasteiger partial charge in [0.2, 0.25) is 0 Å². The highest BCUT2D eigenvalue weighted by Crippen LogP contribution is 2.24. The first-order valence-corrected chi connectivity index (χ1v) is 12.4. The number of carbonyl (C=O) groups is 1. The zero-order chi connectivity index (χ0) is 26.9. The van der Waals surface area contributed by atoms with E-state index in [1.165, 1.54) is 0 Å². The molecule has 6 rings (SSSR count). The van der Waals surface area contributed by atoms with Crippen molar-refractivity contribution in [3.05, 3.63) is 124 Å². The number of carbonyl (C=O) groups excluding carboxylic acids is 1. The van der Waals surface area contributed by atoms with Gasteiger partial charge in [0, 0.05) is 35.5 Å². The van der Waals surface area contributed by atoms with Crippen LogP contribution in [0.5, 0.6) is 0 Å². The first-order chi connectivity index (χ1) is 19.0. The normalized spacial score (nSPS) is 11.7. The summed E-state index contributed by atoms with van der Waals surface area (Å²) >= 11 is 0. The second-order valence-corrected chi connectivity index (χ2v) is 9.10. The zero-order valence-electron chi connectivity index (χ0n) is 21.2. The van der Waals surface area contributed by atoms with Crippen molar-refractivity contribution in [3.8, 4) is 17.5 Å². The highest BCUT2D eigenvalue weighted by Gasteiger charge is 2.23. The average molecular weight is 514 g/mol. The smallest absolute Gasteiger partial charge is 0.264 e. The van der Waals surface area contributed by atoms with E-state index in [1.54, 1.807) is 46.9 Å². The predicted octanol–water partition coefficient (Wildman–Crippen LogP) is 3.96. The van der Waals surface area contributed by atoms with Crippen molar-refractivity contribution in [1.82, 2.24) is 34.7 Å². The second kappa shape index (κ2) is 9.76. The Bertz CT molecular complexity index is 1960. The van der Waals surface area contributed by atoms with Crippen molar-refractivity contribution in [2.45, 2.75) is 19.9 Å². The molecule has 9 nitrogen and oxygen atoms in total. The molecule has 4 aromatic heterocycles. The van der Waals surface area contributed by atoms with E-state index >= 15 is 0 Å². The molecule has 1 atom stereocenters. The maximum atomic E-state index is 14.1. The summed E-state index contributed by atoms with van der Waals surface area (Å²) in [6.07, 6.45) is 6.70. The summed E-state index contributed by atoms with van der Waals surface area (Å²) in [5.74, 6) is 5.86. The molecule has 39 heavy (non-hydrogen) atoms.